The van der Waals surface area contributed by atoms with Crippen LogP contribution in [0.4, 0.5) is 5.82 Å². The first-order valence-corrected chi connectivity index (χ1v) is 8.19. The second kappa shape index (κ2) is 6.28. The van der Waals surface area contributed by atoms with Crippen molar-refractivity contribution in [2.75, 3.05) is 5.32 Å². The standard InChI is InChI=1S/C17H23N3O3/c1-9-10(2)23-11(3)15(9)20-17(22)13-6-7-18-14(8-13)19-16(21)12-4-5-12/h6-12,15H,4-5H2,1-3H3,(H,20,22)(H,18,19,21). The Bertz CT molecular complexity index is 615. The van der Waals surface area contributed by atoms with Gasteiger partial charge < -0.3 is 15.4 Å². The van der Waals surface area contributed by atoms with E-state index in [-0.39, 0.29) is 41.9 Å². The molecule has 0 aromatic carbocycles. The molecular formula is C17H23N3O3. The summed E-state index contributed by atoms with van der Waals surface area (Å²) in [6.45, 7) is 6.07. The van der Waals surface area contributed by atoms with Gasteiger partial charge in [-0.15, -0.1) is 0 Å². The minimum absolute atomic E-state index is 0.0140. The molecule has 0 spiro atoms. The highest BCUT2D eigenvalue weighted by molar-refractivity contribution is 5.97. The summed E-state index contributed by atoms with van der Waals surface area (Å²) in [6, 6.07) is 3.25. The monoisotopic (exact) mass is 317 g/mol. The van der Waals surface area contributed by atoms with Crippen LogP contribution in [-0.4, -0.2) is 35.0 Å². The fourth-order valence-corrected chi connectivity index (χ4v) is 2.96. The van der Waals surface area contributed by atoms with Gasteiger partial charge in [-0.25, -0.2) is 4.98 Å². The number of ether oxygens (including phenoxy) is 1. The third-order valence-corrected chi connectivity index (χ3v) is 4.76. The van der Waals surface area contributed by atoms with E-state index in [0.717, 1.165) is 12.8 Å². The molecule has 0 radical (unpaired) electrons. The van der Waals surface area contributed by atoms with Gasteiger partial charge in [-0.2, -0.15) is 0 Å². The number of nitrogens with one attached hydrogen (secondary N) is 2. The van der Waals surface area contributed by atoms with Crippen LogP contribution in [0.5, 0.6) is 0 Å². The smallest absolute Gasteiger partial charge is 0.251 e. The molecule has 0 bridgehead atoms. The van der Waals surface area contributed by atoms with E-state index in [1.807, 2.05) is 13.8 Å². The van der Waals surface area contributed by atoms with Gasteiger partial charge in [-0.3, -0.25) is 9.59 Å². The van der Waals surface area contributed by atoms with E-state index in [0.29, 0.717) is 11.4 Å². The number of hydrogen-bond donors (Lipinski definition) is 2. The normalized spacial score (nSPS) is 30.0. The van der Waals surface area contributed by atoms with E-state index in [9.17, 15) is 9.59 Å². The van der Waals surface area contributed by atoms with E-state index in [1.54, 1.807) is 12.1 Å². The lowest BCUT2D eigenvalue weighted by molar-refractivity contribution is -0.117. The second-order valence-corrected chi connectivity index (χ2v) is 6.60. The number of anilines is 1. The van der Waals surface area contributed by atoms with Gasteiger partial charge in [0, 0.05) is 23.6 Å². The van der Waals surface area contributed by atoms with E-state index < -0.39 is 0 Å². The largest absolute Gasteiger partial charge is 0.373 e. The molecule has 2 N–H and O–H groups in total. The zero-order valence-corrected chi connectivity index (χ0v) is 13.7. The lowest BCUT2D eigenvalue weighted by Gasteiger charge is -2.20. The Labute approximate surface area is 136 Å². The Morgan fingerprint density at radius 1 is 1.22 bits per heavy atom. The average Bonchev–Trinajstić information content (AvgIpc) is 3.33. The van der Waals surface area contributed by atoms with Gasteiger partial charge >= 0.3 is 0 Å². The molecule has 2 aliphatic rings. The number of carbonyl (C=O) groups is 2. The summed E-state index contributed by atoms with van der Waals surface area (Å²) in [5, 5.41) is 5.80. The first-order chi connectivity index (χ1) is 11.0. The van der Waals surface area contributed by atoms with Crippen LogP contribution in [0.3, 0.4) is 0 Å². The van der Waals surface area contributed by atoms with Crippen molar-refractivity contribution >= 4 is 17.6 Å². The average molecular weight is 317 g/mol. The third kappa shape index (κ3) is 3.52. The SMILES string of the molecule is CC1OC(C)C(NC(=O)c2ccnc(NC(=O)C3CC3)c2)C1C. The quantitative estimate of drug-likeness (QED) is 0.890. The van der Waals surface area contributed by atoms with Gasteiger partial charge in [-0.1, -0.05) is 6.92 Å². The first-order valence-electron chi connectivity index (χ1n) is 8.19. The van der Waals surface area contributed by atoms with Crippen LogP contribution in [0.2, 0.25) is 0 Å². The number of carbonyl (C=O) groups excluding carboxylic acids is 2. The highest BCUT2D eigenvalue weighted by Gasteiger charge is 2.38. The minimum atomic E-state index is -0.171. The third-order valence-electron chi connectivity index (χ3n) is 4.76. The van der Waals surface area contributed by atoms with Crippen LogP contribution < -0.4 is 10.6 Å². The summed E-state index contributed by atoms with van der Waals surface area (Å²) in [5.74, 6) is 0.593. The Hall–Kier alpha value is -1.95. The minimum Gasteiger partial charge on any atom is -0.373 e. The number of aromatic nitrogens is 1. The van der Waals surface area contributed by atoms with Crippen molar-refractivity contribution in [1.82, 2.24) is 10.3 Å². The molecule has 1 aromatic rings. The maximum Gasteiger partial charge on any atom is 0.251 e. The van der Waals surface area contributed by atoms with Crippen molar-refractivity contribution in [3.63, 3.8) is 0 Å². The van der Waals surface area contributed by atoms with Crippen LogP contribution in [0.1, 0.15) is 44.0 Å². The van der Waals surface area contributed by atoms with E-state index in [2.05, 4.69) is 22.5 Å². The maximum atomic E-state index is 12.5. The fraction of sp³-hybridized carbons (Fsp3) is 0.588. The summed E-state index contributed by atoms with van der Waals surface area (Å²) in [7, 11) is 0. The topological polar surface area (TPSA) is 80.3 Å². The molecule has 23 heavy (non-hydrogen) atoms. The molecule has 1 saturated heterocycles. The molecular weight excluding hydrogens is 294 g/mol. The summed E-state index contributed by atoms with van der Waals surface area (Å²) in [6.07, 6.45) is 3.52. The van der Waals surface area contributed by atoms with Crippen molar-refractivity contribution in [2.45, 2.75) is 51.9 Å². The summed E-state index contributed by atoms with van der Waals surface area (Å²) < 4.78 is 5.75. The van der Waals surface area contributed by atoms with Gasteiger partial charge in [-0.05, 0) is 38.8 Å². The van der Waals surface area contributed by atoms with E-state index in [1.165, 1.54) is 6.20 Å². The molecule has 2 amide bonds. The zero-order chi connectivity index (χ0) is 16.6. The molecule has 2 heterocycles. The highest BCUT2D eigenvalue weighted by atomic mass is 16.5. The van der Waals surface area contributed by atoms with Crippen LogP contribution in [-0.2, 0) is 9.53 Å². The van der Waals surface area contributed by atoms with Crippen LogP contribution in [0, 0.1) is 11.8 Å². The molecule has 4 atom stereocenters. The number of amides is 2. The van der Waals surface area contributed by atoms with Gasteiger partial charge in [0.2, 0.25) is 5.91 Å². The Morgan fingerprint density at radius 2 is 1.96 bits per heavy atom. The second-order valence-electron chi connectivity index (χ2n) is 6.60. The molecule has 1 saturated carbocycles. The van der Waals surface area contributed by atoms with Crippen LogP contribution >= 0.6 is 0 Å². The lowest BCUT2D eigenvalue weighted by atomic mass is 9.96. The number of hydrogen-bond acceptors (Lipinski definition) is 4. The molecule has 6 nitrogen and oxygen atoms in total. The Morgan fingerprint density at radius 3 is 2.57 bits per heavy atom. The molecule has 1 aliphatic heterocycles. The van der Waals surface area contributed by atoms with Crippen molar-refractivity contribution in [1.29, 1.82) is 0 Å². The van der Waals surface area contributed by atoms with Crippen LogP contribution in [0.15, 0.2) is 18.3 Å². The summed E-state index contributed by atoms with van der Waals surface area (Å²) in [5.41, 5.74) is 0.491. The predicted octanol–water partition coefficient (Wildman–Crippen LogP) is 1.97. The van der Waals surface area contributed by atoms with Gasteiger partial charge in [0.05, 0.1) is 18.2 Å². The number of pyridine rings is 1. The maximum absolute atomic E-state index is 12.5. The van der Waals surface area contributed by atoms with Gasteiger partial charge in [0.15, 0.2) is 0 Å². The Balaban J connectivity index is 1.66. The first kappa shape index (κ1) is 15.9. The van der Waals surface area contributed by atoms with Crippen molar-refractivity contribution in [3.8, 4) is 0 Å². The summed E-state index contributed by atoms with van der Waals surface area (Å²) >= 11 is 0. The fourth-order valence-electron chi connectivity index (χ4n) is 2.96. The van der Waals surface area contributed by atoms with Crippen molar-refractivity contribution in [2.24, 2.45) is 11.8 Å². The zero-order valence-electron chi connectivity index (χ0n) is 13.7. The lowest BCUT2D eigenvalue weighted by Crippen LogP contribution is -2.43. The number of rotatable bonds is 4. The molecule has 2 fully saturated rings. The molecule has 4 unspecified atom stereocenters. The number of nitrogens with zero attached hydrogens (tertiary/aromatic N) is 1. The van der Waals surface area contributed by atoms with Crippen molar-refractivity contribution in [3.05, 3.63) is 23.9 Å². The van der Waals surface area contributed by atoms with Crippen molar-refractivity contribution < 1.29 is 14.3 Å². The van der Waals surface area contributed by atoms with Gasteiger partial charge in [0.25, 0.3) is 5.91 Å². The molecule has 1 aliphatic carbocycles. The van der Waals surface area contributed by atoms with E-state index >= 15 is 0 Å². The highest BCUT2D eigenvalue weighted by Crippen LogP contribution is 2.30. The van der Waals surface area contributed by atoms with Gasteiger partial charge in [0.1, 0.15) is 5.82 Å². The summed E-state index contributed by atoms with van der Waals surface area (Å²) in [4.78, 5) is 28.4. The van der Waals surface area contributed by atoms with E-state index in [4.69, 9.17) is 4.74 Å². The van der Waals surface area contributed by atoms with Crippen LogP contribution in [0.25, 0.3) is 0 Å². The predicted molar refractivity (Wildman–Crippen MR) is 86.0 cm³/mol. The molecule has 1 aromatic heterocycles. The molecule has 3 rings (SSSR count). The molecule has 124 valence electrons. The Kier molecular flexibility index (Phi) is 4.35. The molecule has 6 heteroatoms.